The van der Waals surface area contributed by atoms with Gasteiger partial charge >= 0.3 is 0 Å². The average molecular weight is 238 g/mol. The summed E-state index contributed by atoms with van der Waals surface area (Å²) in [5, 5.41) is 8.50. The summed E-state index contributed by atoms with van der Waals surface area (Å²) in [6.07, 6.45) is 0. The van der Waals surface area contributed by atoms with Gasteiger partial charge in [-0.3, -0.25) is 4.79 Å². The quantitative estimate of drug-likeness (QED) is 0.577. The molecule has 7 nitrogen and oxygen atoms in total. The zero-order chi connectivity index (χ0) is 12.8. The van der Waals surface area contributed by atoms with Crippen LogP contribution < -0.4 is 21.7 Å². The molecule has 1 aromatic heterocycles. The molecule has 7 heteroatoms. The zero-order valence-corrected chi connectivity index (χ0v) is 10.2. The van der Waals surface area contributed by atoms with Crippen LogP contribution in [0.2, 0.25) is 0 Å². The van der Waals surface area contributed by atoms with E-state index in [1.807, 2.05) is 13.8 Å². The minimum absolute atomic E-state index is 0.0943. The Kier molecular flexibility index (Phi) is 4.50. The molecule has 0 spiro atoms. The minimum Gasteiger partial charge on any atom is -0.373 e. The van der Waals surface area contributed by atoms with Crippen LogP contribution in [0.5, 0.6) is 0 Å². The summed E-state index contributed by atoms with van der Waals surface area (Å²) >= 11 is 0. The molecule has 0 aliphatic heterocycles. The Hall–Kier alpha value is -2.05. The molecule has 0 atom stereocenters. The Morgan fingerprint density at radius 3 is 2.65 bits per heavy atom. The fourth-order valence-electron chi connectivity index (χ4n) is 1.23. The van der Waals surface area contributed by atoms with Gasteiger partial charge in [-0.15, -0.1) is 0 Å². The molecule has 0 fully saturated rings. The molecule has 1 heterocycles. The third kappa shape index (κ3) is 4.54. The molecule has 0 aliphatic carbocycles. The molecule has 0 bridgehead atoms. The molecular weight excluding hydrogens is 220 g/mol. The Bertz CT molecular complexity index is 392. The van der Waals surface area contributed by atoms with Gasteiger partial charge in [-0.1, -0.05) is 0 Å². The van der Waals surface area contributed by atoms with Crippen molar-refractivity contribution >= 4 is 23.5 Å². The predicted molar refractivity (Wildman–Crippen MR) is 67.8 cm³/mol. The highest BCUT2D eigenvalue weighted by molar-refractivity contribution is 5.80. The van der Waals surface area contributed by atoms with Crippen LogP contribution in [-0.2, 0) is 4.79 Å². The molecular formula is C10H18N6O. The summed E-state index contributed by atoms with van der Waals surface area (Å²) in [7, 11) is 1.73. The molecule has 94 valence electrons. The summed E-state index contributed by atoms with van der Waals surface area (Å²) in [6.45, 7) is 3.96. The van der Waals surface area contributed by atoms with E-state index >= 15 is 0 Å². The second kappa shape index (κ2) is 5.88. The van der Waals surface area contributed by atoms with Crippen molar-refractivity contribution in [1.29, 1.82) is 0 Å². The van der Waals surface area contributed by atoms with Crippen LogP contribution in [0.25, 0.3) is 0 Å². The van der Waals surface area contributed by atoms with E-state index in [0.29, 0.717) is 11.6 Å². The number of carbonyl (C=O) groups is 1. The molecule has 0 radical (unpaired) electrons. The number of nitrogens with zero attached hydrogens (tertiary/aromatic N) is 2. The third-order valence-corrected chi connectivity index (χ3v) is 1.88. The topological polar surface area (TPSA) is 105 Å². The maximum absolute atomic E-state index is 11.4. The minimum atomic E-state index is -0.0943. The normalized spacial score (nSPS) is 10.1. The van der Waals surface area contributed by atoms with Crippen LogP contribution in [0.4, 0.5) is 17.6 Å². The first-order valence-electron chi connectivity index (χ1n) is 5.37. The van der Waals surface area contributed by atoms with Gasteiger partial charge in [-0.05, 0) is 13.8 Å². The highest BCUT2D eigenvalue weighted by atomic mass is 16.1. The van der Waals surface area contributed by atoms with Crippen LogP contribution in [0.15, 0.2) is 6.07 Å². The first-order chi connectivity index (χ1) is 8.01. The number of hydrogen-bond donors (Lipinski definition) is 4. The van der Waals surface area contributed by atoms with Gasteiger partial charge in [0.25, 0.3) is 0 Å². The molecule has 0 aliphatic rings. The summed E-state index contributed by atoms with van der Waals surface area (Å²) in [4.78, 5) is 19.3. The van der Waals surface area contributed by atoms with Gasteiger partial charge in [0.2, 0.25) is 11.9 Å². The van der Waals surface area contributed by atoms with Gasteiger partial charge in [0.1, 0.15) is 11.6 Å². The van der Waals surface area contributed by atoms with Gasteiger partial charge in [-0.2, -0.15) is 9.97 Å². The summed E-state index contributed by atoms with van der Waals surface area (Å²) in [5.41, 5.74) is 5.52. The SMILES string of the molecule is CNc1cc(NCC(=O)NC(C)C)nc(N)n1. The van der Waals surface area contributed by atoms with E-state index in [-0.39, 0.29) is 24.4 Å². The Labute approximate surface area is 100 Å². The molecule has 0 unspecified atom stereocenters. The summed E-state index contributed by atoms with van der Waals surface area (Å²) in [6, 6.07) is 1.80. The molecule has 17 heavy (non-hydrogen) atoms. The number of nitrogens with one attached hydrogen (secondary N) is 3. The van der Waals surface area contributed by atoms with E-state index in [9.17, 15) is 4.79 Å². The smallest absolute Gasteiger partial charge is 0.239 e. The zero-order valence-electron chi connectivity index (χ0n) is 10.2. The number of rotatable bonds is 5. The van der Waals surface area contributed by atoms with Crippen molar-refractivity contribution in [2.75, 3.05) is 30.0 Å². The fourth-order valence-corrected chi connectivity index (χ4v) is 1.23. The third-order valence-electron chi connectivity index (χ3n) is 1.88. The average Bonchev–Trinajstić information content (AvgIpc) is 2.24. The second-order valence-electron chi connectivity index (χ2n) is 3.82. The predicted octanol–water partition coefficient (Wildman–Crippen LogP) is 0.0370. The van der Waals surface area contributed by atoms with Crippen LogP contribution in [0, 0.1) is 0 Å². The lowest BCUT2D eigenvalue weighted by Gasteiger charge is -2.10. The van der Waals surface area contributed by atoms with E-state index in [0.717, 1.165) is 0 Å². The molecule has 1 rings (SSSR count). The molecule has 1 amide bonds. The van der Waals surface area contributed by atoms with Crippen molar-refractivity contribution in [3.05, 3.63) is 6.07 Å². The van der Waals surface area contributed by atoms with Crippen LogP contribution >= 0.6 is 0 Å². The van der Waals surface area contributed by atoms with Crippen LogP contribution in [-0.4, -0.2) is 35.5 Å². The Morgan fingerprint density at radius 2 is 2.06 bits per heavy atom. The number of hydrogen-bond acceptors (Lipinski definition) is 6. The van der Waals surface area contributed by atoms with Crippen molar-refractivity contribution in [3.8, 4) is 0 Å². The monoisotopic (exact) mass is 238 g/mol. The van der Waals surface area contributed by atoms with Gasteiger partial charge in [0.15, 0.2) is 0 Å². The van der Waals surface area contributed by atoms with E-state index in [2.05, 4.69) is 25.9 Å². The largest absolute Gasteiger partial charge is 0.373 e. The van der Waals surface area contributed by atoms with Crippen molar-refractivity contribution in [2.45, 2.75) is 19.9 Å². The van der Waals surface area contributed by atoms with E-state index in [4.69, 9.17) is 5.73 Å². The lowest BCUT2D eigenvalue weighted by molar-refractivity contribution is -0.119. The number of carbonyl (C=O) groups excluding carboxylic acids is 1. The van der Waals surface area contributed by atoms with Gasteiger partial charge in [0.05, 0.1) is 6.54 Å². The lowest BCUT2D eigenvalue weighted by Crippen LogP contribution is -2.35. The Morgan fingerprint density at radius 1 is 1.41 bits per heavy atom. The number of nitrogens with two attached hydrogens (primary N) is 1. The maximum Gasteiger partial charge on any atom is 0.239 e. The van der Waals surface area contributed by atoms with Gasteiger partial charge in [0, 0.05) is 19.2 Å². The summed E-state index contributed by atoms with van der Waals surface area (Å²) < 4.78 is 0. The number of aromatic nitrogens is 2. The van der Waals surface area contributed by atoms with Crippen LogP contribution in [0.1, 0.15) is 13.8 Å². The fraction of sp³-hybridized carbons (Fsp3) is 0.500. The van der Waals surface area contributed by atoms with Gasteiger partial charge < -0.3 is 21.7 Å². The van der Waals surface area contributed by atoms with E-state index < -0.39 is 0 Å². The highest BCUT2D eigenvalue weighted by Crippen LogP contribution is 2.11. The highest BCUT2D eigenvalue weighted by Gasteiger charge is 2.05. The molecule has 0 saturated carbocycles. The first kappa shape index (κ1) is 13.0. The van der Waals surface area contributed by atoms with Crippen LogP contribution in [0.3, 0.4) is 0 Å². The molecule has 1 aromatic rings. The van der Waals surface area contributed by atoms with Crippen molar-refractivity contribution < 1.29 is 4.79 Å². The maximum atomic E-state index is 11.4. The first-order valence-corrected chi connectivity index (χ1v) is 5.37. The van der Waals surface area contributed by atoms with E-state index in [1.165, 1.54) is 0 Å². The Balaban J connectivity index is 2.57. The molecule has 0 saturated heterocycles. The second-order valence-corrected chi connectivity index (χ2v) is 3.82. The van der Waals surface area contributed by atoms with Crippen molar-refractivity contribution in [1.82, 2.24) is 15.3 Å². The van der Waals surface area contributed by atoms with Gasteiger partial charge in [-0.25, -0.2) is 0 Å². The lowest BCUT2D eigenvalue weighted by atomic mass is 10.4. The standard InChI is InChI=1S/C10H18N6O/c1-6(2)14-9(17)5-13-8-4-7(12-3)15-10(11)16-8/h4,6H,5H2,1-3H3,(H,14,17)(H4,11,12,13,15,16). The number of nitrogen functional groups attached to an aromatic ring is 1. The summed E-state index contributed by atoms with van der Waals surface area (Å²) in [5.74, 6) is 1.18. The molecule has 0 aromatic carbocycles. The molecule has 5 N–H and O–H groups in total. The van der Waals surface area contributed by atoms with E-state index in [1.54, 1.807) is 13.1 Å². The van der Waals surface area contributed by atoms with Crippen molar-refractivity contribution in [2.24, 2.45) is 0 Å². The van der Waals surface area contributed by atoms with Crippen molar-refractivity contribution in [3.63, 3.8) is 0 Å². The number of anilines is 3. The number of amides is 1.